The van der Waals surface area contributed by atoms with E-state index >= 15 is 0 Å². The van der Waals surface area contributed by atoms with Gasteiger partial charge in [0.25, 0.3) is 0 Å². The molecule has 1 aliphatic heterocycles. The molecule has 0 aromatic heterocycles. The van der Waals surface area contributed by atoms with Crippen LogP contribution in [0.25, 0.3) is 0 Å². The van der Waals surface area contributed by atoms with Crippen LogP contribution in [0.4, 0.5) is 0 Å². The Balaban J connectivity index is 2.90. The van der Waals surface area contributed by atoms with Gasteiger partial charge in [0, 0.05) is 0 Å². The molecule has 16 heavy (non-hydrogen) atoms. The van der Waals surface area contributed by atoms with Crippen LogP contribution in [0, 0.1) is 0 Å². The van der Waals surface area contributed by atoms with Crippen molar-refractivity contribution in [3.63, 3.8) is 0 Å². The minimum atomic E-state index is -2.49. The van der Waals surface area contributed by atoms with Gasteiger partial charge in [0.05, 0.1) is 13.2 Å². The molecule has 1 rings (SSSR count). The molecule has 1 saturated heterocycles. The molecule has 1 heterocycles. The standard InChI is InChI=1S/C8H16O8/c9-1-3(11)6-4(12)5(13)7(14)8(15,2-10)16-6/h3-7,9-15H,1-2H2/t3-,4+,5?,6?,7-,8+/m1/s1. The van der Waals surface area contributed by atoms with Crippen LogP contribution in [0.2, 0.25) is 0 Å². The van der Waals surface area contributed by atoms with E-state index in [9.17, 15) is 25.5 Å². The summed E-state index contributed by atoms with van der Waals surface area (Å²) in [6, 6.07) is 0. The highest BCUT2D eigenvalue weighted by atomic mass is 16.7. The maximum atomic E-state index is 9.57. The molecule has 0 aliphatic carbocycles. The summed E-state index contributed by atoms with van der Waals surface area (Å²) in [5.41, 5.74) is 0. The molecule has 96 valence electrons. The van der Waals surface area contributed by atoms with Crippen LogP contribution in [0.15, 0.2) is 0 Å². The number of hydrogen-bond donors (Lipinski definition) is 7. The van der Waals surface area contributed by atoms with Gasteiger partial charge in [0.2, 0.25) is 5.79 Å². The summed E-state index contributed by atoms with van der Waals surface area (Å²) in [7, 11) is 0. The van der Waals surface area contributed by atoms with Crippen molar-refractivity contribution in [3.05, 3.63) is 0 Å². The molecule has 0 aromatic rings. The fourth-order valence-electron chi connectivity index (χ4n) is 1.56. The van der Waals surface area contributed by atoms with Crippen LogP contribution in [0.3, 0.4) is 0 Å². The van der Waals surface area contributed by atoms with E-state index in [0.29, 0.717) is 0 Å². The lowest BCUT2D eigenvalue weighted by Gasteiger charge is -2.45. The Bertz CT molecular complexity index is 234. The highest BCUT2D eigenvalue weighted by Crippen LogP contribution is 2.29. The molecule has 0 saturated carbocycles. The van der Waals surface area contributed by atoms with Gasteiger partial charge < -0.3 is 40.5 Å². The quantitative estimate of drug-likeness (QED) is 0.261. The van der Waals surface area contributed by atoms with Crippen molar-refractivity contribution in [1.29, 1.82) is 0 Å². The van der Waals surface area contributed by atoms with Crippen molar-refractivity contribution in [2.24, 2.45) is 0 Å². The molecule has 1 aliphatic rings. The smallest absolute Gasteiger partial charge is 0.219 e. The first kappa shape index (κ1) is 13.7. The van der Waals surface area contributed by atoms with E-state index in [-0.39, 0.29) is 0 Å². The van der Waals surface area contributed by atoms with E-state index in [1.54, 1.807) is 0 Å². The van der Waals surface area contributed by atoms with Crippen molar-refractivity contribution >= 4 is 0 Å². The van der Waals surface area contributed by atoms with Crippen molar-refractivity contribution in [2.75, 3.05) is 13.2 Å². The summed E-state index contributed by atoms with van der Waals surface area (Å²) in [4.78, 5) is 0. The summed E-state index contributed by atoms with van der Waals surface area (Å²) < 4.78 is 4.71. The number of ether oxygens (including phenoxy) is 1. The minimum Gasteiger partial charge on any atom is -0.394 e. The summed E-state index contributed by atoms with van der Waals surface area (Å²) in [5.74, 6) is -2.49. The second kappa shape index (κ2) is 4.90. The Labute approximate surface area is 91.0 Å². The van der Waals surface area contributed by atoms with E-state index < -0.39 is 49.5 Å². The van der Waals surface area contributed by atoms with Gasteiger partial charge in [-0.2, -0.15) is 0 Å². The van der Waals surface area contributed by atoms with Crippen LogP contribution in [-0.4, -0.2) is 85.3 Å². The fraction of sp³-hybridized carbons (Fsp3) is 1.00. The lowest BCUT2D eigenvalue weighted by Crippen LogP contribution is -2.68. The Morgan fingerprint density at radius 1 is 1.12 bits per heavy atom. The summed E-state index contributed by atoms with van der Waals surface area (Å²) >= 11 is 0. The zero-order valence-electron chi connectivity index (χ0n) is 8.34. The Kier molecular flexibility index (Phi) is 4.21. The summed E-state index contributed by atoms with van der Waals surface area (Å²) in [5, 5.41) is 64.5. The molecule has 0 aromatic carbocycles. The largest absolute Gasteiger partial charge is 0.394 e. The monoisotopic (exact) mass is 240 g/mol. The van der Waals surface area contributed by atoms with Gasteiger partial charge in [0.15, 0.2) is 0 Å². The van der Waals surface area contributed by atoms with E-state index in [2.05, 4.69) is 0 Å². The molecule has 0 bridgehead atoms. The summed E-state index contributed by atoms with van der Waals surface area (Å²) in [6.45, 7) is -1.81. The lowest BCUT2D eigenvalue weighted by atomic mass is 9.90. The van der Waals surface area contributed by atoms with Gasteiger partial charge in [-0.05, 0) is 0 Å². The van der Waals surface area contributed by atoms with Crippen LogP contribution in [0.5, 0.6) is 0 Å². The van der Waals surface area contributed by atoms with E-state index in [1.807, 2.05) is 0 Å². The van der Waals surface area contributed by atoms with Gasteiger partial charge in [-0.15, -0.1) is 0 Å². The lowest BCUT2D eigenvalue weighted by molar-refractivity contribution is -0.365. The first-order valence-corrected chi connectivity index (χ1v) is 4.71. The third kappa shape index (κ3) is 2.19. The molecule has 0 radical (unpaired) electrons. The third-order valence-electron chi connectivity index (χ3n) is 2.61. The van der Waals surface area contributed by atoms with Crippen LogP contribution >= 0.6 is 0 Å². The average molecular weight is 240 g/mol. The molecule has 0 spiro atoms. The zero-order chi connectivity index (χ0) is 12.5. The number of aliphatic hydroxyl groups excluding tert-OH is 6. The van der Waals surface area contributed by atoms with Gasteiger partial charge >= 0.3 is 0 Å². The van der Waals surface area contributed by atoms with Crippen molar-refractivity contribution in [3.8, 4) is 0 Å². The van der Waals surface area contributed by atoms with Gasteiger partial charge in [-0.3, -0.25) is 0 Å². The Hall–Kier alpha value is -0.320. The van der Waals surface area contributed by atoms with Crippen molar-refractivity contribution < 1.29 is 40.5 Å². The molecular weight excluding hydrogens is 224 g/mol. The van der Waals surface area contributed by atoms with E-state index in [1.165, 1.54) is 0 Å². The SMILES string of the molecule is OC[C@@H](O)C1O[C@@](O)(CO)[C@H](O)C(O)[C@@H]1O. The predicted octanol–water partition coefficient (Wildman–Crippen LogP) is -4.50. The number of aliphatic hydroxyl groups is 7. The maximum absolute atomic E-state index is 9.57. The number of hydrogen-bond acceptors (Lipinski definition) is 8. The fourth-order valence-corrected chi connectivity index (χ4v) is 1.56. The predicted molar refractivity (Wildman–Crippen MR) is 48.0 cm³/mol. The number of rotatable bonds is 3. The Morgan fingerprint density at radius 2 is 1.69 bits per heavy atom. The Morgan fingerprint density at radius 3 is 2.12 bits per heavy atom. The van der Waals surface area contributed by atoms with Gasteiger partial charge in [-0.1, -0.05) is 0 Å². The van der Waals surface area contributed by atoms with Gasteiger partial charge in [0.1, 0.15) is 30.5 Å². The normalized spacial score (nSPS) is 46.7. The molecule has 8 heteroatoms. The highest BCUT2D eigenvalue weighted by molar-refractivity contribution is 4.97. The molecule has 6 atom stereocenters. The second-order valence-corrected chi connectivity index (χ2v) is 3.76. The molecule has 0 amide bonds. The van der Waals surface area contributed by atoms with E-state index in [0.717, 1.165) is 0 Å². The molecule has 8 nitrogen and oxygen atoms in total. The highest BCUT2D eigenvalue weighted by Gasteiger charge is 2.54. The maximum Gasteiger partial charge on any atom is 0.219 e. The average Bonchev–Trinajstić information content (AvgIpc) is 2.30. The zero-order valence-corrected chi connectivity index (χ0v) is 8.34. The topological polar surface area (TPSA) is 151 Å². The van der Waals surface area contributed by atoms with E-state index in [4.69, 9.17) is 14.9 Å². The van der Waals surface area contributed by atoms with Crippen LogP contribution in [0.1, 0.15) is 0 Å². The van der Waals surface area contributed by atoms with Crippen LogP contribution < -0.4 is 0 Å². The molecule has 2 unspecified atom stereocenters. The first-order chi connectivity index (χ1) is 7.37. The van der Waals surface area contributed by atoms with Crippen molar-refractivity contribution in [1.82, 2.24) is 0 Å². The molecular formula is C8H16O8. The molecule has 7 N–H and O–H groups in total. The minimum absolute atomic E-state index is 0.772. The van der Waals surface area contributed by atoms with Gasteiger partial charge in [-0.25, -0.2) is 0 Å². The molecule has 1 fully saturated rings. The first-order valence-electron chi connectivity index (χ1n) is 4.71. The van der Waals surface area contributed by atoms with Crippen molar-refractivity contribution in [2.45, 2.75) is 36.3 Å². The van der Waals surface area contributed by atoms with Crippen LogP contribution in [-0.2, 0) is 4.74 Å². The third-order valence-corrected chi connectivity index (χ3v) is 2.61. The summed E-state index contributed by atoms with van der Waals surface area (Å²) in [6.07, 6.45) is -8.49. The second-order valence-electron chi connectivity index (χ2n) is 3.76.